The Morgan fingerprint density at radius 3 is 2.52 bits per heavy atom. The lowest BCUT2D eigenvalue weighted by Gasteiger charge is -2.20. The third-order valence-electron chi connectivity index (χ3n) is 3.11. The van der Waals surface area contributed by atoms with Crippen molar-refractivity contribution in [1.29, 1.82) is 0 Å². The van der Waals surface area contributed by atoms with Gasteiger partial charge in [0.05, 0.1) is 0 Å². The summed E-state index contributed by atoms with van der Waals surface area (Å²) in [6, 6.07) is 6.84. The van der Waals surface area contributed by atoms with Crippen molar-refractivity contribution in [2.24, 2.45) is 0 Å². The van der Waals surface area contributed by atoms with Gasteiger partial charge >= 0.3 is 6.03 Å². The molecule has 8 heteroatoms. The molecule has 0 aliphatic heterocycles. The maximum atomic E-state index is 12.0. The van der Waals surface area contributed by atoms with Gasteiger partial charge in [-0.25, -0.2) is 14.8 Å². The van der Waals surface area contributed by atoms with Crippen molar-refractivity contribution in [3.8, 4) is 0 Å². The number of aromatic nitrogens is 4. The van der Waals surface area contributed by atoms with Gasteiger partial charge in [0, 0.05) is 35.2 Å². The Bertz CT molecular complexity index is 890. The van der Waals surface area contributed by atoms with E-state index in [1.165, 1.54) is 0 Å². The fraction of sp³-hybridized carbons (Fsp3) is 0.235. The third-order valence-corrected chi connectivity index (χ3v) is 3.11. The second-order valence-corrected chi connectivity index (χ2v) is 6.49. The van der Waals surface area contributed by atoms with Crippen molar-refractivity contribution in [3.63, 3.8) is 0 Å². The number of anilines is 3. The zero-order chi connectivity index (χ0) is 17.9. The molecule has 0 bridgehead atoms. The van der Waals surface area contributed by atoms with E-state index in [9.17, 15) is 4.79 Å². The van der Waals surface area contributed by atoms with Gasteiger partial charge in [0.2, 0.25) is 5.95 Å². The predicted molar refractivity (Wildman–Crippen MR) is 96.8 cm³/mol. The zero-order valence-corrected chi connectivity index (χ0v) is 14.2. The molecule has 0 aliphatic carbocycles. The number of nitrogens with one attached hydrogen (secondary N) is 3. The van der Waals surface area contributed by atoms with Crippen molar-refractivity contribution in [1.82, 2.24) is 25.3 Å². The largest absolute Gasteiger partial charge is 0.333 e. The van der Waals surface area contributed by atoms with Crippen LogP contribution < -0.4 is 16.0 Å². The number of carbonyl (C=O) groups is 1. The molecule has 8 nitrogen and oxygen atoms in total. The summed E-state index contributed by atoms with van der Waals surface area (Å²) in [6.45, 7) is 5.72. The quantitative estimate of drug-likeness (QED) is 0.678. The Hall–Kier alpha value is -3.29. The van der Waals surface area contributed by atoms with E-state index in [0.717, 1.165) is 11.1 Å². The highest BCUT2D eigenvalue weighted by molar-refractivity contribution is 5.90. The molecule has 3 N–H and O–H groups in total. The maximum absolute atomic E-state index is 12.0. The minimum atomic E-state index is -0.329. The summed E-state index contributed by atoms with van der Waals surface area (Å²) in [5, 5.41) is 9.39. The molecule has 3 rings (SSSR count). The molecule has 2 amide bonds. The van der Waals surface area contributed by atoms with Crippen LogP contribution in [0, 0.1) is 0 Å². The summed E-state index contributed by atoms with van der Waals surface area (Å²) in [7, 11) is 0. The molecule has 3 aromatic rings. The summed E-state index contributed by atoms with van der Waals surface area (Å²) in [4.78, 5) is 28.9. The Morgan fingerprint density at radius 2 is 1.80 bits per heavy atom. The summed E-state index contributed by atoms with van der Waals surface area (Å²) >= 11 is 0. The maximum Gasteiger partial charge on any atom is 0.320 e. The first-order valence-electron chi connectivity index (χ1n) is 7.79. The summed E-state index contributed by atoms with van der Waals surface area (Å²) in [6.07, 6.45) is 5.03. The Kier molecular flexibility index (Phi) is 4.42. The van der Waals surface area contributed by atoms with Gasteiger partial charge in [0.15, 0.2) is 5.65 Å². The Balaban J connectivity index is 1.80. The van der Waals surface area contributed by atoms with Crippen LogP contribution in [0.25, 0.3) is 11.0 Å². The molecule has 0 aliphatic rings. The molecule has 0 aromatic carbocycles. The Morgan fingerprint density at radius 1 is 1.04 bits per heavy atom. The number of hydrogen-bond donors (Lipinski definition) is 3. The first kappa shape index (κ1) is 16.6. The van der Waals surface area contributed by atoms with Crippen LogP contribution in [0.3, 0.4) is 0 Å². The highest BCUT2D eigenvalue weighted by Gasteiger charge is 2.14. The standard InChI is InChI=1S/C17H19N7O/c1-17(2,3)24-16(25)22-13-5-4-11-10-19-15(23-14(11)21-13)20-12-6-8-18-9-7-12/h4-10H,1-3H3,(H3,18,19,20,21,22,23,24,25). The van der Waals surface area contributed by atoms with E-state index in [1.807, 2.05) is 39.0 Å². The number of nitrogens with zero attached hydrogens (tertiary/aromatic N) is 4. The van der Waals surface area contributed by atoms with Gasteiger partial charge in [0.25, 0.3) is 0 Å². The molecule has 0 unspecified atom stereocenters. The number of hydrogen-bond acceptors (Lipinski definition) is 6. The van der Waals surface area contributed by atoms with Gasteiger partial charge in [-0.3, -0.25) is 10.3 Å². The number of amides is 2. The normalized spacial score (nSPS) is 11.2. The molecule has 128 valence electrons. The molecule has 0 radical (unpaired) electrons. The molecular weight excluding hydrogens is 318 g/mol. The van der Waals surface area contributed by atoms with Crippen molar-refractivity contribution in [2.45, 2.75) is 26.3 Å². The van der Waals surface area contributed by atoms with Gasteiger partial charge in [0.1, 0.15) is 5.82 Å². The number of urea groups is 1. The molecule has 0 atom stereocenters. The average molecular weight is 337 g/mol. The van der Waals surface area contributed by atoms with Crippen LogP contribution in [-0.4, -0.2) is 31.5 Å². The lowest BCUT2D eigenvalue weighted by molar-refractivity contribution is 0.243. The van der Waals surface area contributed by atoms with Crippen molar-refractivity contribution >= 4 is 34.5 Å². The number of pyridine rings is 2. The molecule has 0 fully saturated rings. The van der Waals surface area contributed by atoms with E-state index in [2.05, 4.69) is 35.9 Å². The molecule has 0 saturated heterocycles. The molecular formula is C17H19N7O. The van der Waals surface area contributed by atoms with Crippen molar-refractivity contribution < 1.29 is 4.79 Å². The van der Waals surface area contributed by atoms with Crippen LogP contribution >= 0.6 is 0 Å². The van der Waals surface area contributed by atoms with Crippen molar-refractivity contribution in [2.75, 3.05) is 10.6 Å². The lowest BCUT2D eigenvalue weighted by Crippen LogP contribution is -2.43. The molecule has 3 aromatic heterocycles. The van der Waals surface area contributed by atoms with Gasteiger partial charge < -0.3 is 10.6 Å². The first-order chi connectivity index (χ1) is 11.9. The number of carbonyl (C=O) groups excluding carboxylic acids is 1. The van der Waals surface area contributed by atoms with Gasteiger partial charge in [-0.2, -0.15) is 4.98 Å². The first-order valence-corrected chi connectivity index (χ1v) is 7.79. The van der Waals surface area contributed by atoms with Gasteiger partial charge in [-0.1, -0.05) is 0 Å². The topological polar surface area (TPSA) is 105 Å². The molecule has 25 heavy (non-hydrogen) atoms. The minimum Gasteiger partial charge on any atom is -0.333 e. The van der Waals surface area contributed by atoms with Crippen LogP contribution in [0.1, 0.15) is 20.8 Å². The van der Waals surface area contributed by atoms with Crippen LogP contribution in [0.5, 0.6) is 0 Å². The molecule has 0 spiro atoms. The molecule has 3 heterocycles. The Labute approximate surface area is 145 Å². The van der Waals surface area contributed by atoms with Gasteiger partial charge in [-0.15, -0.1) is 0 Å². The zero-order valence-electron chi connectivity index (χ0n) is 14.2. The summed E-state index contributed by atoms with van der Waals surface area (Å²) in [5.74, 6) is 0.838. The number of rotatable bonds is 3. The number of fused-ring (bicyclic) bond motifs is 1. The second kappa shape index (κ2) is 6.68. The van der Waals surface area contributed by atoms with E-state index in [1.54, 1.807) is 24.7 Å². The monoisotopic (exact) mass is 337 g/mol. The van der Waals surface area contributed by atoms with E-state index in [4.69, 9.17) is 0 Å². The minimum absolute atomic E-state index is 0.316. The smallest absolute Gasteiger partial charge is 0.320 e. The van der Waals surface area contributed by atoms with E-state index in [0.29, 0.717) is 17.4 Å². The van der Waals surface area contributed by atoms with Crippen LogP contribution in [0.2, 0.25) is 0 Å². The summed E-state index contributed by atoms with van der Waals surface area (Å²) in [5.41, 5.74) is 0.985. The fourth-order valence-corrected chi connectivity index (χ4v) is 2.09. The van der Waals surface area contributed by atoms with E-state index >= 15 is 0 Å². The highest BCUT2D eigenvalue weighted by atomic mass is 16.2. The predicted octanol–water partition coefficient (Wildman–Crippen LogP) is 3.08. The second-order valence-electron chi connectivity index (χ2n) is 6.49. The van der Waals surface area contributed by atoms with Crippen LogP contribution in [0.15, 0.2) is 42.9 Å². The van der Waals surface area contributed by atoms with Crippen molar-refractivity contribution in [3.05, 3.63) is 42.9 Å². The summed E-state index contributed by atoms with van der Waals surface area (Å²) < 4.78 is 0. The van der Waals surface area contributed by atoms with E-state index < -0.39 is 0 Å². The van der Waals surface area contributed by atoms with Crippen LogP contribution in [-0.2, 0) is 0 Å². The lowest BCUT2D eigenvalue weighted by atomic mass is 10.1. The van der Waals surface area contributed by atoms with Crippen LogP contribution in [0.4, 0.5) is 22.2 Å². The van der Waals surface area contributed by atoms with E-state index in [-0.39, 0.29) is 11.6 Å². The fourth-order valence-electron chi connectivity index (χ4n) is 2.09. The average Bonchev–Trinajstić information content (AvgIpc) is 2.53. The highest BCUT2D eigenvalue weighted by Crippen LogP contribution is 2.16. The van der Waals surface area contributed by atoms with Gasteiger partial charge in [-0.05, 0) is 45.0 Å². The molecule has 0 saturated carbocycles. The SMILES string of the molecule is CC(C)(C)NC(=O)Nc1ccc2cnc(Nc3ccncc3)nc2n1. The third kappa shape index (κ3) is 4.60.